The standard InChI is InChI=1S/C25H30N4O3/c1-25(2,3)23(31)20-21(17-9-11-26-12-10-17)29(24(32)22(20)30)19-7-5-18(6-8-19)28-15-13-27(4)14-16-28/h5-12,21,30H,13-16H2,1-4H3. The third kappa shape index (κ3) is 4.00. The van der Waals surface area contributed by atoms with E-state index in [-0.39, 0.29) is 11.4 Å². The van der Waals surface area contributed by atoms with Gasteiger partial charge in [-0.25, -0.2) is 0 Å². The maximum absolute atomic E-state index is 13.2. The highest BCUT2D eigenvalue weighted by molar-refractivity contribution is 6.17. The fraction of sp³-hybridized carbons (Fsp3) is 0.400. The number of carbonyl (C=O) groups is 2. The van der Waals surface area contributed by atoms with Crippen LogP contribution in [0.4, 0.5) is 11.4 Å². The number of carbonyl (C=O) groups excluding carboxylic acids is 2. The molecule has 7 nitrogen and oxygen atoms in total. The van der Waals surface area contributed by atoms with Crippen molar-refractivity contribution in [3.05, 3.63) is 65.7 Å². The molecule has 1 amide bonds. The summed E-state index contributed by atoms with van der Waals surface area (Å²) >= 11 is 0. The molecular weight excluding hydrogens is 404 g/mol. The van der Waals surface area contributed by atoms with E-state index in [0.29, 0.717) is 5.69 Å². The molecule has 4 rings (SSSR count). The van der Waals surface area contributed by atoms with Crippen LogP contribution in [0.1, 0.15) is 32.4 Å². The van der Waals surface area contributed by atoms with Gasteiger partial charge in [0.1, 0.15) is 0 Å². The third-order valence-corrected chi connectivity index (χ3v) is 6.15. The molecule has 0 bridgehead atoms. The number of nitrogens with zero attached hydrogens (tertiary/aromatic N) is 4. The number of amides is 1. The first-order valence-corrected chi connectivity index (χ1v) is 10.9. The molecular formula is C25H30N4O3. The molecule has 7 heteroatoms. The molecule has 2 aliphatic heterocycles. The Morgan fingerprint density at radius 3 is 2.09 bits per heavy atom. The number of likely N-dealkylation sites (N-methyl/N-ethyl adjacent to an activating group) is 1. The maximum atomic E-state index is 13.2. The quantitative estimate of drug-likeness (QED) is 0.795. The molecule has 0 aliphatic carbocycles. The van der Waals surface area contributed by atoms with Crippen molar-refractivity contribution in [2.45, 2.75) is 26.8 Å². The summed E-state index contributed by atoms with van der Waals surface area (Å²) in [6.45, 7) is 9.28. The topological polar surface area (TPSA) is 77.0 Å². The van der Waals surface area contributed by atoms with Crippen LogP contribution in [0.2, 0.25) is 0 Å². The molecule has 3 heterocycles. The molecule has 1 aromatic carbocycles. The van der Waals surface area contributed by atoms with Crippen LogP contribution in [0, 0.1) is 5.41 Å². The highest BCUT2D eigenvalue weighted by Gasteiger charge is 2.46. The maximum Gasteiger partial charge on any atom is 0.294 e. The average molecular weight is 435 g/mol. The predicted octanol–water partition coefficient (Wildman–Crippen LogP) is 3.35. The molecule has 168 valence electrons. The van der Waals surface area contributed by atoms with E-state index >= 15 is 0 Å². The van der Waals surface area contributed by atoms with E-state index in [1.807, 2.05) is 24.3 Å². The van der Waals surface area contributed by atoms with E-state index in [0.717, 1.165) is 37.4 Å². The highest BCUT2D eigenvalue weighted by atomic mass is 16.3. The molecule has 2 aromatic rings. The molecule has 1 N–H and O–H groups in total. The molecule has 32 heavy (non-hydrogen) atoms. The number of benzene rings is 1. The summed E-state index contributed by atoms with van der Waals surface area (Å²) in [4.78, 5) is 36.6. The Balaban J connectivity index is 1.71. The van der Waals surface area contributed by atoms with Gasteiger partial charge in [0.05, 0.1) is 11.6 Å². The Labute approximate surface area is 189 Å². The normalized spacial score (nSPS) is 20.2. The van der Waals surface area contributed by atoms with Crippen LogP contribution in [0.25, 0.3) is 0 Å². The zero-order chi connectivity index (χ0) is 23.0. The Kier molecular flexibility index (Phi) is 5.77. The highest BCUT2D eigenvalue weighted by Crippen LogP contribution is 2.43. The summed E-state index contributed by atoms with van der Waals surface area (Å²) < 4.78 is 0. The number of aliphatic hydroxyl groups is 1. The van der Waals surface area contributed by atoms with E-state index in [1.165, 1.54) is 4.90 Å². The average Bonchev–Trinajstić information content (AvgIpc) is 3.04. The SMILES string of the molecule is CN1CCN(c2ccc(N3C(=O)C(O)=C(C(=O)C(C)(C)C)C3c3ccncc3)cc2)CC1. The molecule has 0 saturated carbocycles. The van der Waals surface area contributed by atoms with Crippen molar-refractivity contribution in [3.63, 3.8) is 0 Å². The van der Waals surface area contributed by atoms with Gasteiger partial charge in [-0.1, -0.05) is 20.8 Å². The summed E-state index contributed by atoms with van der Waals surface area (Å²) in [7, 11) is 2.12. The molecule has 1 saturated heterocycles. The number of pyridine rings is 1. The first-order chi connectivity index (χ1) is 15.2. The second-order valence-corrected chi connectivity index (χ2v) is 9.51. The van der Waals surface area contributed by atoms with E-state index in [1.54, 1.807) is 45.3 Å². The van der Waals surface area contributed by atoms with Crippen molar-refractivity contribution in [1.82, 2.24) is 9.88 Å². The van der Waals surface area contributed by atoms with Crippen LogP contribution >= 0.6 is 0 Å². The zero-order valence-electron chi connectivity index (χ0n) is 19.1. The number of hydrogen-bond acceptors (Lipinski definition) is 6. The van der Waals surface area contributed by atoms with Crippen LogP contribution in [0.5, 0.6) is 0 Å². The van der Waals surface area contributed by atoms with Crippen LogP contribution < -0.4 is 9.80 Å². The van der Waals surface area contributed by atoms with Crippen molar-refractivity contribution < 1.29 is 14.7 Å². The van der Waals surface area contributed by atoms with E-state index in [4.69, 9.17) is 0 Å². The summed E-state index contributed by atoms with van der Waals surface area (Å²) in [5.74, 6) is -1.29. The first-order valence-electron chi connectivity index (χ1n) is 10.9. The van der Waals surface area contributed by atoms with Crippen molar-refractivity contribution in [2.24, 2.45) is 5.41 Å². The van der Waals surface area contributed by atoms with Gasteiger partial charge in [0.15, 0.2) is 11.5 Å². The Hall–Kier alpha value is -3.19. The smallest absolute Gasteiger partial charge is 0.294 e. The van der Waals surface area contributed by atoms with Gasteiger partial charge in [-0.3, -0.25) is 19.5 Å². The lowest BCUT2D eigenvalue weighted by Gasteiger charge is -2.34. The Bertz CT molecular complexity index is 1030. The van der Waals surface area contributed by atoms with Gasteiger partial charge in [-0.15, -0.1) is 0 Å². The zero-order valence-corrected chi connectivity index (χ0v) is 19.1. The number of rotatable bonds is 4. The second-order valence-electron chi connectivity index (χ2n) is 9.51. The van der Waals surface area contributed by atoms with Crippen LogP contribution in [-0.2, 0) is 9.59 Å². The minimum absolute atomic E-state index is 0.136. The van der Waals surface area contributed by atoms with E-state index in [9.17, 15) is 14.7 Å². The fourth-order valence-corrected chi connectivity index (χ4v) is 4.26. The number of Topliss-reactive ketones (excluding diaryl/α,β-unsaturated/α-hetero) is 1. The number of anilines is 2. The number of hydrogen-bond donors (Lipinski definition) is 1. The number of aromatic nitrogens is 1. The summed E-state index contributed by atoms with van der Waals surface area (Å²) in [6, 6.07) is 10.6. The second kappa shape index (κ2) is 8.39. The van der Waals surface area contributed by atoms with Crippen molar-refractivity contribution in [1.29, 1.82) is 0 Å². The number of ketones is 1. The lowest BCUT2D eigenvalue weighted by Crippen LogP contribution is -2.44. The lowest BCUT2D eigenvalue weighted by molar-refractivity contribution is -0.123. The molecule has 0 spiro atoms. The monoisotopic (exact) mass is 434 g/mol. The van der Waals surface area contributed by atoms with Crippen molar-refractivity contribution in [2.75, 3.05) is 43.0 Å². The Morgan fingerprint density at radius 2 is 1.53 bits per heavy atom. The predicted molar refractivity (Wildman–Crippen MR) is 125 cm³/mol. The van der Waals surface area contributed by atoms with Crippen LogP contribution in [0.3, 0.4) is 0 Å². The third-order valence-electron chi connectivity index (χ3n) is 6.15. The van der Waals surface area contributed by atoms with E-state index < -0.39 is 23.1 Å². The van der Waals surface area contributed by atoms with Gasteiger partial charge in [-0.05, 0) is 49.0 Å². The van der Waals surface area contributed by atoms with E-state index in [2.05, 4.69) is 21.8 Å². The molecule has 0 radical (unpaired) electrons. The van der Waals surface area contributed by atoms with Crippen LogP contribution in [0.15, 0.2) is 60.1 Å². The van der Waals surface area contributed by atoms with Crippen molar-refractivity contribution in [3.8, 4) is 0 Å². The van der Waals surface area contributed by atoms with Gasteiger partial charge in [0, 0.05) is 55.4 Å². The van der Waals surface area contributed by atoms with Gasteiger partial charge < -0.3 is 14.9 Å². The first kappa shape index (κ1) is 22.0. The fourth-order valence-electron chi connectivity index (χ4n) is 4.26. The molecule has 1 fully saturated rings. The summed E-state index contributed by atoms with van der Waals surface area (Å²) in [6.07, 6.45) is 3.26. The Morgan fingerprint density at radius 1 is 0.969 bits per heavy atom. The summed E-state index contributed by atoms with van der Waals surface area (Å²) in [5, 5.41) is 10.8. The van der Waals surface area contributed by atoms with Gasteiger partial charge in [0.2, 0.25) is 0 Å². The largest absolute Gasteiger partial charge is 0.503 e. The van der Waals surface area contributed by atoms with Gasteiger partial charge in [0.25, 0.3) is 5.91 Å². The molecule has 1 atom stereocenters. The van der Waals surface area contributed by atoms with Crippen LogP contribution in [-0.4, -0.2) is 59.9 Å². The van der Waals surface area contributed by atoms with Gasteiger partial charge in [-0.2, -0.15) is 0 Å². The molecule has 1 aromatic heterocycles. The van der Waals surface area contributed by atoms with Gasteiger partial charge >= 0.3 is 0 Å². The van der Waals surface area contributed by atoms with Crippen molar-refractivity contribution >= 4 is 23.1 Å². The summed E-state index contributed by atoms with van der Waals surface area (Å²) in [5.41, 5.74) is 1.86. The molecule has 2 aliphatic rings. The number of aliphatic hydroxyl groups excluding tert-OH is 1. The minimum atomic E-state index is -0.740. The number of piperazine rings is 1. The minimum Gasteiger partial charge on any atom is -0.503 e. The lowest BCUT2D eigenvalue weighted by atomic mass is 9.82. The molecule has 1 unspecified atom stereocenters.